The van der Waals surface area contributed by atoms with E-state index in [4.69, 9.17) is 5.11 Å². The van der Waals surface area contributed by atoms with Gasteiger partial charge >= 0.3 is 0 Å². The third-order valence-electron chi connectivity index (χ3n) is 2.08. The van der Waals surface area contributed by atoms with E-state index in [1.165, 1.54) is 11.3 Å². The second-order valence-electron chi connectivity index (χ2n) is 3.69. The number of nitrogens with one attached hydrogen (secondary N) is 1. The summed E-state index contributed by atoms with van der Waals surface area (Å²) in [6.07, 6.45) is 4.17. The van der Waals surface area contributed by atoms with Gasteiger partial charge in [-0.1, -0.05) is 0 Å². The van der Waals surface area contributed by atoms with Crippen LogP contribution < -0.4 is 5.32 Å². The lowest BCUT2D eigenvalue weighted by Gasteiger charge is -2.04. The number of carbonyl (C=O) groups is 1. The highest BCUT2D eigenvalue weighted by Gasteiger charge is 2.12. The van der Waals surface area contributed by atoms with Crippen LogP contribution in [-0.2, 0) is 0 Å². The van der Waals surface area contributed by atoms with Gasteiger partial charge in [0.25, 0.3) is 5.91 Å². The Labute approximate surface area is 108 Å². The molecule has 18 heavy (non-hydrogen) atoms. The fourth-order valence-electron chi connectivity index (χ4n) is 1.24. The molecule has 0 aliphatic rings. The molecule has 0 aliphatic heterocycles. The van der Waals surface area contributed by atoms with E-state index in [2.05, 4.69) is 20.3 Å². The number of hydrogen-bond donors (Lipinski definition) is 2. The predicted molar refractivity (Wildman–Crippen MR) is 67.2 cm³/mol. The minimum Gasteiger partial charge on any atom is -0.392 e. The highest BCUT2D eigenvalue weighted by molar-refractivity contribution is 7.13. The minimum absolute atomic E-state index is 0.205. The maximum absolute atomic E-state index is 11.7. The Morgan fingerprint density at radius 1 is 1.56 bits per heavy atom. The molecule has 94 valence electrons. The number of carbonyl (C=O) groups excluding carboxylic acids is 1. The van der Waals surface area contributed by atoms with Gasteiger partial charge in [-0.25, -0.2) is 4.98 Å². The van der Waals surface area contributed by atoms with Gasteiger partial charge in [-0.2, -0.15) is 0 Å². The van der Waals surface area contributed by atoms with E-state index >= 15 is 0 Å². The number of amides is 1. The summed E-state index contributed by atoms with van der Waals surface area (Å²) in [4.78, 5) is 23.9. The lowest BCUT2D eigenvalue weighted by Crippen LogP contribution is -2.30. The molecule has 2 heterocycles. The first-order chi connectivity index (χ1) is 8.66. The summed E-state index contributed by atoms with van der Waals surface area (Å²) >= 11 is 1.33. The number of nitrogens with zero attached hydrogens (tertiary/aromatic N) is 3. The fourth-order valence-corrected chi connectivity index (χ4v) is 2.00. The van der Waals surface area contributed by atoms with Crippen molar-refractivity contribution in [2.24, 2.45) is 0 Å². The van der Waals surface area contributed by atoms with Crippen molar-refractivity contribution < 1.29 is 9.90 Å². The van der Waals surface area contributed by atoms with E-state index in [-0.39, 0.29) is 12.5 Å². The minimum atomic E-state index is -0.577. The van der Waals surface area contributed by atoms with E-state index in [0.29, 0.717) is 16.4 Å². The standard InChI is InChI=1S/C11H12N4O2S/c1-7(16)4-14-10(17)9-6-18-11(15-9)8-5-12-2-3-13-8/h2-3,5-7,16H,4H2,1H3,(H,14,17). The number of rotatable bonds is 4. The van der Waals surface area contributed by atoms with Gasteiger partial charge in [-0.3, -0.25) is 14.8 Å². The van der Waals surface area contributed by atoms with E-state index in [0.717, 1.165) is 0 Å². The van der Waals surface area contributed by atoms with Crippen molar-refractivity contribution in [2.45, 2.75) is 13.0 Å². The second kappa shape index (κ2) is 5.65. The average Bonchev–Trinajstić information content (AvgIpc) is 2.86. The summed E-state index contributed by atoms with van der Waals surface area (Å²) in [6, 6.07) is 0. The Morgan fingerprint density at radius 3 is 3.06 bits per heavy atom. The summed E-state index contributed by atoms with van der Waals surface area (Å²) in [5.74, 6) is -0.303. The molecule has 0 aliphatic carbocycles. The molecular weight excluding hydrogens is 252 g/mol. The van der Waals surface area contributed by atoms with Gasteiger partial charge in [-0.05, 0) is 6.92 Å². The monoisotopic (exact) mass is 264 g/mol. The van der Waals surface area contributed by atoms with Crippen molar-refractivity contribution in [1.82, 2.24) is 20.3 Å². The maximum atomic E-state index is 11.7. The second-order valence-corrected chi connectivity index (χ2v) is 4.55. The first-order valence-corrected chi connectivity index (χ1v) is 6.23. The first-order valence-electron chi connectivity index (χ1n) is 5.35. The van der Waals surface area contributed by atoms with Gasteiger partial charge in [0, 0.05) is 24.3 Å². The topological polar surface area (TPSA) is 88.0 Å². The first kappa shape index (κ1) is 12.6. The Bertz CT molecular complexity index is 527. The molecule has 0 bridgehead atoms. The third kappa shape index (κ3) is 3.08. The molecule has 2 N–H and O–H groups in total. The van der Waals surface area contributed by atoms with Crippen LogP contribution in [0, 0.1) is 0 Å². The summed E-state index contributed by atoms with van der Waals surface area (Å²) in [5.41, 5.74) is 0.957. The van der Waals surface area contributed by atoms with Gasteiger partial charge in [0.15, 0.2) is 0 Å². The summed E-state index contributed by atoms with van der Waals surface area (Å²) in [7, 11) is 0. The Morgan fingerprint density at radius 2 is 2.39 bits per heavy atom. The van der Waals surface area contributed by atoms with Crippen molar-refractivity contribution in [2.75, 3.05) is 6.54 Å². The molecule has 1 unspecified atom stereocenters. The Hall–Kier alpha value is -1.86. The van der Waals surface area contributed by atoms with Crippen LogP contribution in [0.2, 0.25) is 0 Å². The molecule has 7 heteroatoms. The predicted octanol–water partition coefficient (Wildman–Crippen LogP) is 0.711. The number of aliphatic hydroxyl groups excluding tert-OH is 1. The lowest BCUT2D eigenvalue weighted by atomic mass is 10.4. The highest BCUT2D eigenvalue weighted by Crippen LogP contribution is 2.20. The van der Waals surface area contributed by atoms with E-state index in [9.17, 15) is 4.79 Å². The zero-order chi connectivity index (χ0) is 13.0. The van der Waals surface area contributed by atoms with Crippen molar-refractivity contribution in [3.05, 3.63) is 29.7 Å². The molecule has 1 atom stereocenters. The van der Waals surface area contributed by atoms with Gasteiger partial charge < -0.3 is 10.4 Å². The van der Waals surface area contributed by atoms with Gasteiger partial charge in [0.1, 0.15) is 16.4 Å². The average molecular weight is 264 g/mol. The number of aliphatic hydroxyl groups is 1. The molecule has 2 aromatic rings. The zero-order valence-electron chi connectivity index (χ0n) is 9.70. The Kier molecular flexibility index (Phi) is 3.96. The van der Waals surface area contributed by atoms with Crippen LogP contribution in [0.25, 0.3) is 10.7 Å². The molecule has 0 fully saturated rings. The molecule has 6 nitrogen and oxygen atoms in total. The van der Waals surface area contributed by atoms with Crippen LogP contribution in [0.5, 0.6) is 0 Å². The molecule has 2 aromatic heterocycles. The molecular formula is C11H12N4O2S. The molecule has 2 rings (SSSR count). The molecule has 0 radical (unpaired) electrons. The smallest absolute Gasteiger partial charge is 0.270 e. The zero-order valence-corrected chi connectivity index (χ0v) is 10.5. The number of thiazole rings is 1. The molecule has 0 aromatic carbocycles. The van der Waals surface area contributed by atoms with Crippen LogP contribution in [0.1, 0.15) is 17.4 Å². The van der Waals surface area contributed by atoms with Gasteiger partial charge in [0.05, 0.1) is 12.3 Å². The van der Waals surface area contributed by atoms with E-state index < -0.39 is 6.10 Å². The number of hydrogen-bond acceptors (Lipinski definition) is 6. The summed E-state index contributed by atoms with van der Waals surface area (Å²) in [6.45, 7) is 1.81. The van der Waals surface area contributed by atoms with Crippen LogP contribution >= 0.6 is 11.3 Å². The van der Waals surface area contributed by atoms with Crippen LogP contribution in [0.15, 0.2) is 24.0 Å². The van der Waals surface area contributed by atoms with Gasteiger partial charge in [0.2, 0.25) is 0 Å². The molecule has 0 saturated heterocycles. The van der Waals surface area contributed by atoms with Crippen molar-refractivity contribution in [3.63, 3.8) is 0 Å². The normalized spacial score (nSPS) is 12.1. The van der Waals surface area contributed by atoms with Crippen molar-refractivity contribution in [1.29, 1.82) is 0 Å². The molecule has 0 saturated carbocycles. The lowest BCUT2D eigenvalue weighted by molar-refractivity contribution is 0.0920. The van der Waals surface area contributed by atoms with E-state index in [1.54, 1.807) is 30.9 Å². The molecule has 1 amide bonds. The third-order valence-corrected chi connectivity index (χ3v) is 2.94. The quantitative estimate of drug-likeness (QED) is 0.849. The fraction of sp³-hybridized carbons (Fsp3) is 0.273. The van der Waals surface area contributed by atoms with Crippen LogP contribution in [0.4, 0.5) is 0 Å². The summed E-state index contributed by atoms with van der Waals surface area (Å²) in [5, 5.41) is 14.0. The molecule has 0 spiro atoms. The maximum Gasteiger partial charge on any atom is 0.270 e. The largest absolute Gasteiger partial charge is 0.392 e. The van der Waals surface area contributed by atoms with E-state index in [1.807, 2.05) is 0 Å². The van der Waals surface area contributed by atoms with Crippen LogP contribution in [-0.4, -0.2) is 38.6 Å². The highest BCUT2D eigenvalue weighted by atomic mass is 32.1. The number of aromatic nitrogens is 3. The Balaban J connectivity index is 2.09. The SMILES string of the molecule is CC(O)CNC(=O)c1csc(-c2cnccn2)n1. The van der Waals surface area contributed by atoms with Gasteiger partial charge in [-0.15, -0.1) is 11.3 Å². The van der Waals surface area contributed by atoms with Crippen LogP contribution in [0.3, 0.4) is 0 Å². The summed E-state index contributed by atoms with van der Waals surface area (Å²) < 4.78 is 0. The van der Waals surface area contributed by atoms with Crippen molar-refractivity contribution >= 4 is 17.2 Å². The van der Waals surface area contributed by atoms with Crippen molar-refractivity contribution in [3.8, 4) is 10.7 Å².